The molecule has 0 aliphatic carbocycles. The average Bonchev–Trinajstić information content (AvgIpc) is 2.56. The van der Waals surface area contributed by atoms with Crippen molar-refractivity contribution in [1.29, 1.82) is 0 Å². The summed E-state index contributed by atoms with van der Waals surface area (Å²) in [4.78, 5) is 16.8. The number of carbonyl (C=O) groups is 1. The molecule has 0 atom stereocenters. The van der Waals surface area contributed by atoms with Crippen molar-refractivity contribution in [3.63, 3.8) is 0 Å². The maximum absolute atomic E-state index is 12.5. The quantitative estimate of drug-likeness (QED) is 0.846. The highest BCUT2D eigenvalue weighted by atomic mass is 35.5. The average molecular weight is 343 g/mol. The van der Waals surface area contributed by atoms with Crippen molar-refractivity contribution in [1.82, 2.24) is 4.90 Å². The number of rotatable bonds is 3. The molecule has 0 saturated carbocycles. The van der Waals surface area contributed by atoms with Gasteiger partial charge in [0.2, 0.25) is 5.91 Å². The number of nitrogens with zero attached hydrogens (tertiary/aromatic N) is 2. The Balaban J connectivity index is 1.58. The van der Waals surface area contributed by atoms with Crippen molar-refractivity contribution in [3.05, 3.63) is 64.2 Å². The van der Waals surface area contributed by atoms with Crippen molar-refractivity contribution in [3.8, 4) is 0 Å². The molecule has 3 nitrogen and oxygen atoms in total. The number of halogens is 1. The smallest absolute Gasteiger partial charge is 0.227 e. The number of anilines is 1. The molecule has 2 aromatic carbocycles. The number of piperazine rings is 1. The summed E-state index contributed by atoms with van der Waals surface area (Å²) >= 11 is 5.89. The Kier molecular flexibility index (Phi) is 5.10. The summed E-state index contributed by atoms with van der Waals surface area (Å²) in [5.41, 5.74) is 4.84. The lowest BCUT2D eigenvalue weighted by atomic mass is 10.1. The minimum absolute atomic E-state index is 0.192. The van der Waals surface area contributed by atoms with Crippen LogP contribution < -0.4 is 4.90 Å². The molecule has 126 valence electrons. The molecule has 1 amide bonds. The third-order valence-corrected chi connectivity index (χ3v) is 4.72. The second-order valence-corrected chi connectivity index (χ2v) is 6.95. The van der Waals surface area contributed by atoms with Crippen LogP contribution in [-0.4, -0.2) is 37.0 Å². The lowest BCUT2D eigenvalue weighted by Crippen LogP contribution is -2.49. The van der Waals surface area contributed by atoms with Crippen LogP contribution in [-0.2, 0) is 11.2 Å². The summed E-state index contributed by atoms with van der Waals surface area (Å²) in [6.45, 7) is 7.58. The van der Waals surface area contributed by atoms with Gasteiger partial charge in [0.1, 0.15) is 0 Å². The van der Waals surface area contributed by atoms with Gasteiger partial charge in [0.05, 0.1) is 6.42 Å². The second kappa shape index (κ2) is 7.27. The second-order valence-electron chi connectivity index (χ2n) is 6.52. The van der Waals surface area contributed by atoms with Crippen LogP contribution in [0.1, 0.15) is 16.7 Å². The molecule has 0 spiro atoms. The Morgan fingerprint density at radius 2 is 1.54 bits per heavy atom. The van der Waals surface area contributed by atoms with Gasteiger partial charge in [-0.3, -0.25) is 4.79 Å². The van der Waals surface area contributed by atoms with E-state index >= 15 is 0 Å². The Labute approximate surface area is 148 Å². The predicted octanol–water partition coefficient (Wildman–Crippen LogP) is 3.85. The van der Waals surface area contributed by atoms with E-state index in [1.807, 2.05) is 29.2 Å². The number of hydrogen-bond donors (Lipinski definition) is 0. The Morgan fingerprint density at radius 3 is 2.12 bits per heavy atom. The molecule has 0 bridgehead atoms. The van der Waals surface area contributed by atoms with Crippen molar-refractivity contribution in [2.24, 2.45) is 0 Å². The molecule has 1 saturated heterocycles. The van der Waals surface area contributed by atoms with E-state index in [4.69, 9.17) is 11.6 Å². The summed E-state index contributed by atoms with van der Waals surface area (Å²) in [5, 5.41) is 0.702. The summed E-state index contributed by atoms with van der Waals surface area (Å²) in [6, 6.07) is 14.1. The molecule has 1 heterocycles. The highest BCUT2D eigenvalue weighted by molar-refractivity contribution is 6.30. The zero-order valence-corrected chi connectivity index (χ0v) is 15.0. The van der Waals surface area contributed by atoms with E-state index in [0.29, 0.717) is 11.4 Å². The van der Waals surface area contributed by atoms with Crippen molar-refractivity contribution < 1.29 is 4.79 Å². The van der Waals surface area contributed by atoms with Crippen LogP contribution >= 0.6 is 11.6 Å². The van der Waals surface area contributed by atoms with E-state index in [2.05, 4.69) is 36.9 Å². The molecular weight excluding hydrogens is 320 g/mol. The molecule has 3 rings (SSSR count). The molecule has 0 unspecified atom stereocenters. The zero-order valence-electron chi connectivity index (χ0n) is 14.3. The first-order chi connectivity index (χ1) is 11.5. The van der Waals surface area contributed by atoms with Gasteiger partial charge in [-0.2, -0.15) is 0 Å². The molecule has 4 heteroatoms. The van der Waals surface area contributed by atoms with Crippen LogP contribution in [0.4, 0.5) is 5.69 Å². The molecule has 0 aromatic heterocycles. The molecule has 1 aliphatic rings. The van der Waals surface area contributed by atoms with E-state index in [9.17, 15) is 4.79 Å². The molecule has 1 fully saturated rings. The summed E-state index contributed by atoms with van der Waals surface area (Å²) < 4.78 is 0. The Bertz CT molecular complexity index is 699. The fourth-order valence-electron chi connectivity index (χ4n) is 3.24. The number of aryl methyl sites for hydroxylation is 2. The van der Waals surface area contributed by atoms with Crippen molar-refractivity contribution in [2.45, 2.75) is 20.3 Å². The van der Waals surface area contributed by atoms with E-state index in [-0.39, 0.29) is 5.91 Å². The van der Waals surface area contributed by atoms with Crippen LogP contribution in [0.2, 0.25) is 5.02 Å². The predicted molar refractivity (Wildman–Crippen MR) is 99.9 cm³/mol. The third kappa shape index (κ3) is 4.09. The van der Waals surface area contributed by atoms with Gasteiger partial charge in [-0.05, 0) is 54.8 Å². The fourth-order valence-corrected chi connectivity index (χ4v) is 3.36. The number of hydrogen-bond acceptors (Lipinski definition) is 2. The summed E-state index contributed by atoms with van der Waals surface area (Å²) in [6.07, 6.45) is 0.445. The summed E-state index contributed by atoms with van der Waals surface area (Å²) in [5.74, 6) is 0.192. The monoisotopic (exact) mass is 342 g/mol. The van der Waals surface area contributed by atoms with Gasteiger partial charge in [-0.1, -0.05) is 29.8 Å². The number of carbonyl (C=O) groups excluding carboxylic acids is 1. The first kappa shape index (κ1) is 16.8. The highest BCUT2D eigenvalue weighted by Crippen LogP contribution is 2.20. The molecule has 0 radical (unpaired) electrons. The number of benzene rings is 2. The normalized spacial score (nSPS) is 14.8. The standard InChI is InChI=1S/C20H23ClN2O/c1-15-11-16(2)13-19(12-15)22-7-9-23(10-8-22)20(24)14-17-3-5-18(21)6-4-17/h3-6,11-13H,7-10,14H2,1-2H3. The summed E-state index contributed by atoms with van der Waals surface area (Å²) in [7, 11) is 0. The van der Waals surface area contributed by atoms with Crippen LogP contribution in [0, 0.1) is 13.8 Å². The van der Waals surface area contributed by atoms with Crippen LogP contribution in [0.3, 0.4) is 0 Å². The van der Waals surface area contributed by atoms with Gasteiger partial charge in [-0.25, -0.2) is 0 Å². The number of amides is 1. The lowest BCUT2D eigenvalue weighted by molar-refractivity contribution is -0.130. The Morgan fingerprint density at radius 1 is 0.958 bits per heavy atom. The minimum atomic E-state index is 0.192. The van der Waals surface area contributed by atoms with Crippen LogP contribution in [0.5, 0.6) is 0 Å². The molecule has 0 N–H and O–H groups in total. The zero-order chi connectivity index (χ0) is 17.1. The maximum Gasteiger partial charge on any atom is 0.227 e. The van der Waals surface area contributed by atoms with Crippen LogP contribution in [0.15, 0.2) is 42.5 Å². The molecule has 24 heavy (non-hydrogen) atoms. The molecule has 1 aliphatic heterocycles. The first-order valence-corrected chi connectivity index (χ1v) is 8.74. The molecule has 2 aromatic rings. The highest BCUT2D eigenvalue weighted by Gasteiger charge is 2.21. The fraction of sp³-hybridized carbons (Fsp3) is 0.350. The van der Waals surface area contributed by atoms with Crippen molar-refractivity contribution in [2.75, 3.05) is 31.1 Å². The maximum atomic E-state index is 12.5. The van der Waals surface area contributed by atoms with Crippen molar-refractivity contribution >= 4 is 23.2 Å². The SMILES string of the molecule is Cc1cc(C)cc(N2CCN(C(=O)Cc3ccc(Cl)cc3)CC2)c1. The van der Waals surface area contributed by atoms with Gasteiger partial charge in [0, 0.05) is 36.9 Å². The van der Waals surface area contributed by atoms with Crippen LogP contribution in [0.25, 0.3) is 0 Å². The first-order valence-electron chi connectivity index (χ1n) is 8.37. The van der Waals surface area contributed by atoms with E-state index < -0.39 is 0 Å². The van der Waals surface area contributed by atoms with Gasteiger partial charge < -0.3 is 9.80 Å². The van der Waals surface area contributed by atoms with E-state index in [0.717, 1.165) is 31.7 Å². The largest absolute Gasteiger partial charge is 0.368 e. The third-order valence-electron chi connectivity index (χ3n) is 4.47. The Hall–Kier alpha value is -2.00. The van der Waals surface area contributed by atoms with Gasteiger partial charge >= 0.3 is 0 Å². The van der Waals surface area contributed by atoms with Gasteiger partial charge in [-0.15, -0.1) is 0 Å². The van der Waals surface area contributed by atoms with Gasteiger partial charge in [0.15, 0.2) is 0 Å². The minimum Gasteiger partial charge on any atom is -0.368 e. The lowest BCUT2D eigenvalue weighted by Gasteiger charge is -2.36. The van der Waals surface area contributed by atoms with E-state index in [1.165, 1.54) is 16.8 Å². The van der Waals surface area contributed by atoms with E-state index in [1.54, 1.807) is 0 Å². The topological polar surface area (TPSA) is 23.6 Å². The molecular formula is C20H23ClN2O. The van der Waals surface area contributed by atoms with Gasteiger partial charge in [0.25, 0.3) is 0 Å².